The smallest absolute Gasteiger partial charge is 0.0414 e. The molecule has 82 valence electrons. The topological polar surface area (TPSA) is 52.0 Å². The molecule has 0 fully saturated rings. The molecule has 0 radical (unpaired) electrons. The minimum atomic E-state index is 0.604. The fourth-order valence-electron chi connectivity index (χ4n) is 1.64. The number of hydrogen-bond acceptors (Lipinski definition) is 3. The zero-order valence-corrected chi connectivity index (χ0v) is 10.1. The summed E-state index contributed by atoms with van der Waals surface area (Å²) in [5.74, 6) is 0. The first-order chi connectivity index (χ1) is 7.58. The highest BCUT2D eigenvalue weighted by Gasteiger charge is 2.14. The average molecular weight is 251 g/mol. The number of benzene rings is 1. The molecule has 1 aromatic rings. The van der Waals surface area contributed by atoms with Crippen molar-refractivity contribution < 1.29 is 0 Å². The summed E-state index contributed by atoms with van der Waals surface area (Å²) >= 11 is 11.2. The lowest BCUT2D eigenvalue weighted by atomic mass is 9.95. The Morgan fingerprint density at radius 3 is 2.56 bits per heavy atom. The number of thiocarbonyl (C=S) groups is 1. The SMILES string of the molecule is Nc1ccc(C2=CC=C(Cl)CC2=S)c(N)c1. The number of nitrogen functional groups attached to an aromatic ring is 2. The molecule has 0 atom stereocenters. The van der Waals surface area contributed by atoms with Crippen molar-refractivity contribution in [3.63, 3.8) is 0 Å². The van der Waals surface area contributed by atoms with Gasteiger partial charge in [-0.2, -0.15) is 0 Å². The Morgan fingerprint density at radius 1 is 1.19 bits per heavy atom. The van der Waals surface area contributed by atoms with Gasteiger partial charge in [-0.1, -0.05) is 36.0 Å². The molecule has 4 N–H and O–H groups in total. The normalized spacial score (nSPS) is 15.7. The van der Waals surface area contributed by atoms with Gasteiger partial charge in [0, 0.05) is 33.3 Å². The van der Waals surface area contributed by atoms with Crippen molar-refractivity contribution in [1.29, 1.82) is 0 Å². The van der Waals surface area contributed by atoms with E-state index in [1.807, 2.05) is 24.3 Å². The van der Waals surface area contributed by atoms with Gasteiger partial charge in [-0.05, 0) is 23.8 Å². The second kappa shape index (κ2) is 4.28. The summed E-state index contributed by atoms with van der Waals surface area (Å²) in [5, 5.41) is 0.753. The number of nitrogens with two attached hydrogens (primary N) is 2. The lowest BCUT2D eigenvalue weighted by Gasteiger charge is -2.15. The molecule has 2 rings (SSSR count). The average Bonchev–Trinajstić information content (AvgIpc) is 2.19. The Hall–Kier alpha value is -1.32. The molecule has 4 heteroatoms. The Morgan fingerprint density at radius 2 is 1.94 bits per heavy atom. The molecule has 1 aromatic carbocycles. The van der Waals surface area contributed by atoms with Gasteiger partial charge in [-0.15, -0.1) is 0 Å². The number of rotatable bonds is 1. The maximum atomic E-state index is 5.91. The van der Waals surface area contributed by atoms with E-state index in [1.54, 1.807) is 6.07 Å². The fourth-order valence-corrected chi connectivity index (χ4v) is 2.25. The second-order valence-corrected chi connectivity index (χ2v) is 4.62. The van der Waals surface area contributed by atoms with Crippen LogP contribution in [0.2, 0.25) is 0 Å². The molecular weight excluding hydrogens is 240 g/mol. The van der Waals surface area contributed by atoms with Crippen LogP contribution in [0, 0.1) is 0 Å². The van der Waals surface area contributed by atoms with E-state index < -0.39 is 0 Å². The van der Waals surface area contributed by atoms with Crippen LogP contribution in [-0.2, 0) is 0 Å². The van der Waals surface area contributed by atoms with Crippen molar-refractivity contribution in [3.8, 4) is 0 Å². The third-order valence-electron chi connectivity index (χ3n) is 2.43. The van der Waals surface area contributed by atoms with E-state index in [9.17, 15) is 0 Å². The molecule has 0 aliphatic heterocycles. The van der Waals surface area contributed by atoms with Crippen LogP contribution >= 0.6 is 23.8 Å². The van der Waals surface area contributed by atoms with E-state index in [0.29, 0.717) is 17.8 Å². The van der Waals surface area contributed by atoms with Gasteiger partial charge >= 0.3 is 0 Å². The van der Waals surface area contributed by atoms with Crippen molar-refractivity contribution >= 4 is 45.6 Å². The molecule has 0 heterocycles. The van der Waals surface area contributed by atoms with Crippen molar-refractivity contribution in [2.24, 2.45) is 0 Å². The lowest BCUT2D eigenvalue weighted by molar-refractivity contribution is 1.45. The first kappa shape index (κ1) is 11.2. The monoisotopic (exact) mass is 250 g/mol. The van der Waals surface area contributed by atoms with Gasteiger partial charge in [0.2, 0.25) is 0 Å². The summed E-state index contributed by atoms with van der Waals surface area (Å²) in [4.78, 5) is 0.809. The van der Waals surface area contributed by atoms with Crippen molar-refractivity contribution in [2.75, 3.05) is 11.5 Å². The highest BCUT2D eigenvalue weighted by molar-refractivity contribution is 7.81. The van der Waals surface area contributed by atoms with Gasteiger partial charge in [0.05, 0.1) is 0 Å². The maximum Gasteiger partial charge on any atom is 0.0414 e. The summed E-state index contributed by atoms with van der Waals surface area (Å²) in [6, 6.07) is 5.43. The largest absolute Gasteiger partial charge is 0.399 e. The molecule has 0 amide bonds. The minimum absolute atomic E-state index is 0.604. The third kappa shape index (κ3) is 2.10. The summed E-state index contributed by atoms with van der Waals surface area (Å²) in [5.41, 5.74) is 14.7. The Labute approximate surface area is 105 Å². The molecule has 0 spiro atoms. The number of anilines is 2. The predicted octanol–water partition coefficient (Wildman–Crippen LogP) is 3.13. The van der Waals surface area contributed by atoms with E-state index in [1.165, 1.54) is 0 Å². The quantitative estimate of drug-likeness (QED) is 0.595. The predicted molar refractivity (Wildman–Crippen MR) is 74.4 cm³/mol. The van der Waals surface area contributed by atoms with Crippen LogP contribution in [0.15, 0.2) is 35.4 Å². The Kier molecular flexibility index (Phi) is 2.99. The van der Waals surface area contributed by atoms with Gasteiger partial charge in [-0.3, -0.25) is 0 Å². The van der Waals surface area contributed by atoms with Crippen LogP contribution < -0.4 is 11.5 Å². The minimum Gasteiger partial charge on any atom is -0.399 e. The fraction of sp³-hybridized carbons (Fsp3) is 0.0833. The molecule has 0 unspecified atom stereocenters. The second-order valence-electron chi connectivity index (χ2n) is 3.64. The molecule has 1 aliphatic rings. The van der Waals surface area contributed by atoms with E-state index in [4.69, 9.17) is 35.3 Å². The van der Waals surface area contributed by atoms with E-state index >= 15 is 0 Å². The van der Waals surface area contributed by atoms with Crippen LogP contribution in [0.1, 0.15) is 12.0 Å². The summed E-state index contributed by atoms with van der Waals surface area (Å²) < 4.78 is 0. The summed E-state index contributed by atoms with van der Waals surface area (Å²) in [6.45, 7) is 0. The highest BCUT2D eigenvalue weighted by atomic mass is 35.5. The molecule has 1 aliphatic carbocycles. The van der Waals surface area contributed by atoms with Gasteiger partial charge in [0.15, 0.2) is 0 Å². The van der Waals surface area contributed by atoms with E-state index in [-0.39, 0.29) is 0 Å². The van der Waals surface area contributed by atoms with E-state index in [2.05, 4.69) is 0 Å². The molecule has 16 heavy (non-hydrogen) atoms. The lowest BCUT2D eigenvalue weighted by Crippen LogP contribution is -2.05. The van der Waals surface area contributed by atoms with Crippen LogP contribution in [-0.4, -0.2) is 4.86 Å². The summed E-state index contributed by atoms with van der Waals surface area (Å²) in [6.07, 6.45) is 4.35. The Bertz CT molecular complexity index is 518. The van der Waals surface area contributed by atoms with Crippen LogP contribution in [0.25, 0.3) is 5.57 Å². The van der Waals surface area contributed by atoms with Crippen molar-refractivity contribution in [2.45, 2.75) is 6.42 Å². The van der Waals surface area contributed by atoms with E-state index in [0.717, 1.165) is 21.0 Å². The Balaban J connectivity index is 2.49. The van der Waals surface area contributed by atoms with Gasteiger partial charge in [0.1, 0.15) is 0 Å². The maximum absolute atomic E-state index is 5.91. The zero-order chi connectivity index (χ0) is 11.7. The molecule has 0 saturated carbocycles. The molecule has 2 nitrogen and oxygen atoms in total. The first-order valence-electron chi connectivity index (χ1n) is 4.83. The van der Waals surface area contributed by atoms with Crippen LogP contribution in [0.3, 0.4) is 0 Å². The number of halogens is 1. The standard InChI is InChI=1S/C12H11ClN2S/c13-7-1-3-10(12(16)5-7)9-4-2-8(14)6-11(9)15/h1-4,6H,5,14-15H2. The number of allylic oxidation sites excluding steroid dienone is 4. The third-order valence-corrected chi connectivity index (χ3v) is 3.05. The van der Waals surface area contributed by atoms with Gasteiger partial charge < -0.3 is 11.5 Å². The van der Waals surface area contributed by atoms with Crippen LogP contribution in [0.4, 0.5) is 11.4 Å². The van der Waals surface area contributed by atoms with Crippen LogP contribution in [0.5, 0.6) is 0 Å². The number of hydrogen-bond donors (Lipinski definition) is 2. The molecule has 0 aromatic heterocycles. The highest BCUT2D eigenvalue weighted by Crippen LogP contribution is 2.30. The van der Waals surface area contributed by atoms with Crippen molar-refractivity contribution in [1.82, 2.24) is 0 Å². The molecule has 0 saturated heterocycles. The zero-order valence-electron chi connectivity index (χ0n) is 8.53. The molecular formula is C12H11ClN2S. The van der Waals surface area contributed by atoms with Gasteiger partial charge in [0.25, 0.3) is 0 Å². The summed E-state index contributed by atoms with van der Waals surface area (Å²) in [7, 11) is 0. The van der Waals surface area contributed by atoms with Crippen molar-refractivity contribution in [3.05, 3.63) is 40.9 Å². The van der Waals surface area contributed by atoms with Gasteiger partial charge in [-0.25, -0.2) is 0 Å². The molecule has 0 bridgehead atoms. The first-order valence-corrected chi connectivity index (χ1v) is 5.61.